The van der Waals surface area contributed by atoms with Gasteiger partial charge in [0.05, 0.1) is 0 Å². The molecular weight excluding hydrogens is 500 g/mol. The van der Waals surface area contributed by atoms with Crippen LogP contribution >= 0.6 is 11.6 Å². The third-order valence-corrected chi connectivity index (χ3v) is 7.24. The number of nitrogens with one attached hydrogen (secondary N) is 1. The number of hydrogen-bond donors (Lipinski definition) is 2. The number of nitrogens with zero attached hydrogens (tertiary/aromatic N) is 5. The minimum atomic E-state index is -0.782. The van der Waals surface area contributed by atoms with Crippen LogP contribution in [0.4, 0.5) is 0 Å². The van der Waals surface area contributed by atoms with Crippen LogP contribution in [-0.2, 0) is 22.7 Å². The quantitative estimate of drug-likeness (QED) is 0.550. The Morgan fingerprint density at radius 2 is 1.86 bits per heavy atom. The molecule has 0 spiro atoms. The van der Waals surface area contributed by atoms with Crippen molar-refractivity contribution in [1.82, 2.24) is 29.6 Å². The highest BCUT2D eigenvalue weighted by Gasteiger charge is 2.39. The van der Waals surface area contributed by atoms with Gasteiger partial charge in [-0.25, -0.2) is 4.98 Å². The standard InChI is InChI=1S/C25H31ClN6O5/c1-14-5-6-15(11-17(14)26)12-27-22(34)19-20(33)23(35)32-10-9-31(16-7-8-16)13-18(21(32)28-19)30(4)25(37)24(36)29(2)3/h5-6,11,16,18,33H,7-10,12-13H2,1-4H3,(H,27,34). The van der Waals surface area contributed by atoms with Crippen molar-refractivity contribution in [1.29, 1.82) is 0 Å². The first-order chi connectivity index (χ1) is 17.5. The highest BCUT2D eigenvalue weighted by atomic mass is 35.5. The molecule has 2 aromatic rings. The van der Waals surface area contributed by atoms with Gasteiger partial charge in [-0.15, -0.1) is 0 Å². The highest BCUT2D eigenvalue weighted by molar-refractivity contribution is 6.34. The zero-order chi connectivity index (χ0) is 27.0. The Hall–Kier alpha value is -3.44. The van der Waals surface area contributed by atoms with Gasteiger partial charge in [-0.2, -0.15) is 0 Å². The smallest absolute Gasteiger partial charge is 0.312 e. The van der Waals surface area contributed by atoms with Gasteiger partial charge in [-0.1, -0.05) is 23.7 Å². The van der Waals surface area contributed by atoms with Crippen molar-refractivity contribution in [3.05, 3.63) is 56.2 Å². The number of hydrogen-bond acceptors (Lipinski definition) is 7. The number of carbonyl (C=O) groups is 3. The van der Waals surface area contributed by atoms with Crippen molar-refractivity contribution in [2.75, 3.05) is 34.2 Å². The zero-order valence-corrected chi connectivity index (χ0v) is 22.1. The number of likely N-dealkylation sites (N-methyl/N-ethyl adjacent to an activating group) is 2. The Balaban J connectivity index is 1.69. The van der Waals surface area contributed by atoms with E-state index in [4.69, 9.17) is 11.6 Å². The third-order valence-electron chi connectivity index (χ3n) is 6.84. The second-order valence-electron chi connectivity index (χ2n) is 9.75. The van der Waals surface area contributed by atoms with Gasteiger partial charge in [0, 0.05) is 58.4 Å². The monoisotopic (exact) mass is 530 g/mol. The van der Waals surface area contributed by atoms with Crippen molar-refractivity contribution in [2.24, 2.45) is 0 Å². The molecule has 0 bridgehead atoms. The second kappa shape index (κ2) is 10.5. The lowest BCUT2D eigenvalue weighted by Crippen LogP contribution is -2.46. The van der Waals surface area contributed by atoms with E-state index in [2.05, 4.69) is 15.2 Å². The SMILES string of the molecule is Cc1ccc(CNC(=O)c2nc3n(c(=O)c2O)CCN(C2CC2)CC3N(C)C(=O)C(=O)N(C)C)cc1Cl. The van der Waals surface area contributed by atoms with Crippen molar-refractivity contribution in [3.8, 4) is 5.75 Å². The predicted molar refractivity (Wildman–Crippen MR) is 136 cm³/mol. The van der Waals surface area contributed by atoms with Crippen molar-refractivity contribution in [3.63, 3.8) is 0 Å². The molecular formula is C25H31ClN6O5. The Kier molecular flexibility index (Phi) is 7.56. The fraction of sp³-hybridized carbons (Fsp3) is 0.480. The van der Waals surface area contributed by atoms with Crippen LogP contribution in [0.15, 0.2) is 23.0 Å². The van der Waals surface area contributed by atoms with Crippen LogP contribution in [0.2, 0.25) is 5.02 Å². The van der Waals surface area contributed by atoms with E-state index in [0.29, 0.717) is 24.2 Å². The Morgan fingerprint density at radius 3 is 2.49 bits per heavy atom. The molecule has 2 heterocycles. The average Bonchev–Trinajstić information content (AvgIpc) is 3.72. The normalized spacial score (nSPS) is 17.5. The molecule has 11 nitrogen and oxygen atoms in total. The Labute approximate surface area is 219 Å². The van der Waals surface area contributed by atoms with Gasteiger partial charge >= 0.3 is 11.8 Å². The van der Waals surface area contributed by atoms with E-state index in [1.807, 2.05) is 19.1 Å². The van der Waals surface area contributed by atoms with Crippen LogP contribution in [0, 0.1) is 6.92 Å². The van der Waals surface area contributed by atoms with E-state index in [1.54, 1.807) is 6.07 Å². The van der Waals surface area contributed by atoms with Crippen molar-refractivity contribution < 1.29 is 19.5 Å². The lowest BCUT2D eigenvalue weighted by Gasteiger charge is -2.31. The summed E-state index contributed by atoms with van der Waals surface area (Å²) in [4.78, 5) is 60.6. The molecule has 1 fully saturated rings. The molecule has 1 aromatic heterocycles. The third kappa shape index (κ3) is 5.47. The molecule has 1 aliphatic carbocycles. The van der Waals surface area contributed by atoms with Gasteiger partial charge in [-0.3, -0.25) is 28.6 Å². The molecule has 37 heavy (non-hydrogen) atoms. The maximum absolute atomic E-state index is 13.2. The number of fused-ring (bicyclic) bond motifs is 1. The molecule has 1 aliphatic heterocycles. The minimum Gasteiger partial charge on any atom is -0.501 e. The van der Waals surface area contributed by atoms with Crippen LogP contribution in [-0.4, -0.2) is 87.4 Å². The molecule has 0 saturated heterocycles. The minimum absolute atomic E-state index is 0.104. The van der Waals surface area contributed by atoms with Crippen molar-refractivity contribution in [2.45, 2.75) is 44.9 Å². The number of amides is 3. The summed E-state index contributed by atoms with van der Waals surface area (Å²) < 4.78 is 1.29. The predicted octanol–water partition coefficient (Wildman–Crippen LogP) is 0.906. The van der Waals surface area contributed by atoms with E-state index in [9.17, 15) is 24.3 Å². The van der Waals surface area contributed by atoms with Gasteiger partial charge < -0.3 is 20.2 Å². The van der Waals surface area contributed by atoms with E-state index in [1.165, 1.54) is 35.5 Å². The number of halogens is 1. The van der Waals surface area contributed by atoms with Crippen molar-refractivity contribution >= 4 is 29.3 Å². The van der Waals surface area contributed by atoms with Crippen LogP contribution in [0.3, 0.4) is 0 Å². The summed E-state index contributed by atoms with van der Waals surface area (Å²) in [5.41, 5.74) is 0.433. The summed E-state index contributed by atoms with van der Waals surface area (Å²) in [5.74, 6) is -2.83. The number of aromatic hydroxyl groups is 1. The second-order valence-corrected chi connectivity index (χ2v) is 10.2. The van der Waals surface area contributed by atoms with Gasteiger partial charge in [0.15, 0.2) is 5.69 Å². The first kappa shape index (κ1) is 26.6. The highest BCUT2D eigenvalue weighted by Crippen LogP contribution is 2.32. The summed E-state index contributed by atoms with van der Waals surface area (Å²) in [5, 5.41) is 13.9. The fourth-order valence-corrected chi connectivity index (χ4v) is 4.58. The first-order valence-corrected chi connectivity index (χ1v) is 12.5. The van der Waals surface area contributed by atoms with Crippen LogP contribution in [0.25, 0.3) is 0 Å². The molecule has 12 heteroatoms. The van der Waals surface area contributed by atoms with E-state index >= 15 is 0 Å². The maximum atomic E-state index is 13.2. The number of rotatable bonds is 5. The first-order valence-electron chi connectivity index (χ1n) is 12.1. The molecule has 4 rings (SSSR count). The lowest BCUT2D eigenvalue weighted by molar-refractivity contribution is -0.151. The average molecular weight is 531 g/mol. The van der Waals surface area contributed by atoms with Crippen LogP contribution < -0.4 is 10.9 Å². The van der Waals surface area contributed by atoms with E-state index in [0.717, 1.165) is 24.0 Å². The summed E-state index contributed by atoms with van der Waals surface area (Å²) in [7, 11) is 4.45. The van der Waals surface area contributed by atoms with E-state index in [-0.39, 0.29) is 18.9 Å². The van der Waals surface area contributed by atoms with Crippen LogP contribution in [0.1, 0.15) is 46.3 Å². The maximum Gasteiger partial charge on any atom is 0.312 e. The lowest BCUT2D eigenvalue weighted by atomic mass is 10.1. The largest absolute Gasteiger partial charge is 0.501 e. The number of aromatic nitrogens is 2. The van der Waals surface area contributed by atoms with E-state index < -0.39 is 40.8 Å². The molecule has 1 aromatic carbocycles. The summed E-state index contributed by atoms with van der Waals surface area (Å²) >= 11 is 6.17. The molecule has 198 valence electrons. The molecule has 2 N–H and O–H groups in total. The summed E-state index contributed by atoms with van der Waals surface area (Å²) in [6.45, 7) is 3.05. The topological polar surface area (TPSA) is 128 Å². The molecule has 3 amide bonds. The molecule has 0 radical (unpaired) electrons. The van der Waals surface area contributed by atoms with Gasteiger partial charge in [0.1, 0.15) is 11.9 Å². The van der Waals surface area contributed by atoms with Crippen LogP contribution in [0.5, 0.6) is 5.75 Å². The fourth-order valence-electron chi connectivity index (χ4n) is 4.38. The molecule has 2 aliphatic rings. The number of carbonyl (C=O) groups excluding carboxylic acids is 3. The van der Waals surface area contributed by atoms with Gasteiger partial charge in [0.25, 0.3) is 11.5 Å². The number of aryl methyl sites for hydroxylation is 1. The summed E-state index contributed by atoms with van der Waals surface area (Å²) in [6, 6.07) is 4.90. The Morgan fingerprint density at radius 1 is 1.16 bits per heavy atom. The van der Waals surface area contributed by atoms with Gasteiger partial charge in [-0.05, 0) is 37.0 Å². The number of benzene rings is 1. The van der Waals surface area contributed by atoms with Gasteiger partial charge in [0.2, 0.25) is 5.75 Å². The molecule has 1 unspecified atom stereocenters. The zero-order valence-electron chi connectivity index (χ0n) is 21.3. The molecule has 1 atom stereocenters. The Bertz CT molecular complexity index is 1310. The molecule has 1 saturated carbocycles. The summed E-state index contributed by atoms with van der Waals surface area (Å²) in [6.07, 6.45) is 2.00.